The maximum atomic E-state index is 5.87. The highest BCUT2D eigenvalue weighted by Crippen LogP contribution is 2.22. The van der Waals surface area contributed by atoms with Crippen LogP contribution in [-0.4, -0.2) is 0 Å². The van der Waals surface area contributed by atoms with Gasteiger partial charge < -0.3 is 5.73 Å². The van der Waals surface area contributed by atoms with Crippen LogP contribution in [0.2, 0.25) is 0 Å². The van der Waals surface area contributed by atoms with Crippen LogP contribution in [0.15, 0.2) is 60.3 Å². The quantitative estimate of drug-likeness (QED) is 0.680. The van der Waals surface area contributed by atoms with E-state index in [4.69, 9.17) is 5.73 Å². The molecule has 1 aromatic carbocycles. The molecule has 2 aliphatic rings. The van der Waals surface area contributed by atoms with E-state index in [0.29, 0.717) is 5.92 Å². The summed E-state index contributed by atoms with van der Waals surface area (Å²) in [5.41, 5.74) is 7.99. The van der Waals surface area contributed by atoms with Gasteiger partial charge in [-0.15, -0.1) is 0 Å². The summed E-state index contributed by atoms with van der Waals surface area (Å²) < 4.78 is 0. The lowest BCUT2D eigenvalue weighted by Gasteiger charge is -2.14. The summed E-state index contributed by atoms with van der Waals surface area (Å²) in [4.78, 5) is 0. The van der Waals surface area contributed by atoms with Crippen molar-refractivity contribution in [3.63, 3.8) is 0 Å². The molecule has 78 valence electrons. The number of benzene rings is 1. The third kappa shape index (κ3) is 1.41. The highest BCUT2D eigenvalue weighted by Gasteiger charge is 2.12. The van der Waals surface area contributed by atoms with Crippen LogP contribution < -0.4 is 16.2 Å². The van der Waals surface area contributed by atoms with Crippen LogP contribution in [-0.2, 0) is 0 Å². The average Bonchev–Trinajstić information content (AvgIpc) is 2.48. The Kier molecular flexibility index (Phi) is 2.03. The molecular formula is C15H13N. The molecule has 2 N–H and O–H groups in total. The van der Waals surface area contributed by atoms with Crippen molar-refractivity contribution in [2.75, 3.05) is 0 Å². The van der Waals surface area contributed by atoms with Crippen LogP contribution in [0.25, 0.3) is 11.6 Å². The molecule has 1 unspecified atom stereocenters. The zero-order valence-corrected chi connectivity index (χ0v) is 8.93. The first-order valence-corrected chi connectivity index (χ1v) is 5.48. The minimum atomic E-state index is 0.354. The van der Waals surface area contributed by atoms with E-state index in [2.05, 4.69) is 54.6 Å². The highest BCUT2D eigenvalue weighted by molar-refractivity contribution is 5.69. The Morgan fingerprint density at radius 3 is 2.88 bits per heavy atom. The first-order chi connectivity index (χ1) is 7.84. The molecule has 3 rings (SSSR count). The Balaban J connectivity index is 2.41. The van der Waals surface area contributed by atoms with Crippen LogP contribution in [0.5, 0.6) is 0 Å². The Morgan fingerprint density at radius 1 is 1.06 bits per heavy atom. The predicted molar refractivity (Wildman–Crippen MR) is 67.6 cm³/mol. The maximum absolute atomic E-state index is 5.87. The summed E-state index contributed by atoms with van der Waals surface area (Å²) in [6.07, 6.45) is 12.7. The van der Waals surface area contributed by atoms with Crippen LogP contribution in [0.1, 0.15) is 0 Å². The monoisotopic (exact) mass is 207 g/mol. The Labute approximate surface area is 94.6 Å². The van der Waals surface area contributed by atoms with Crippen molar-refractivity contribution in [3.05, 3.63) is 70.8 Å². The average molecular weight is 207 g/mol. The van der Waals surface area contributed by atoms with Crippen LogP contribution in [0.3, 0.4) is 0 Å². The van der Waals surface area contributed by atoms with E-state index in [1.165, 1.54) is 16.0 Å². The smallest absolute Gasteiger partial charge is 0.0314 e. The largest absolute Gasteiger partial charge is 0.399 e. The first-order valence-electron chi connectivity index (χ1n) is 5.48. The zero-order valence-electron chi connectivity index (χ0n) is 8.93. The van der Waals surface area contributed by atoms with Crippen LogP contribution >= 0.6 is 0 Å². The van der Waals surface area contributed by atoms with E-state index >= 15 is 0 Å². The molecule has 1 heteroatoms. The lowest BCUT2D eigenvalue weighted by Crippen LogP contribution is -2.27. The molecule has 1 nitrogen and oxygen atoms in total. The van der Waals surface area contributed by atoms with Crippen molar-refractivity contribution in [2.24, 2.45) is 11.7 Å². The number of fused-ring (bicyclic) bond motifs is 2. The standard InChI is InChI=1S/C15H13N/c16-13-9-8-12-6-3-5-11-4-1-2-7-14(11)15(12)10-13/h1-10,12H,16H2. The SMILES string of the molecule is NC1=CC2=c3ccccc3=CC=CC2C=C1. The summed E-state index contributed by atoms with van der Waals surface area (Å²) in [5, 5.41) is 2.54. The summed E-state index contributed by atoms with van der Waals surface area (Å²) >= 11 is 0. The molecule has 0 amide bonds. The molecular weight excluding hydrogens is 194 g/mol. The topological polar surface area (TPSA) is 26.0 Å². The van der Waals surface area contributed by atoms with Crippen molar-refractivity contribution < 1.29 is 0 Å². The van der Waals surface area contributed by atoms with Gasteiger partial charge in [0.1, 0.15) is 0 Å². The highest BCUT2D eigenvalue weighted by atomic mass is 14.6. The van der Waals surface area contributed by atoms with E-state index in [0.717, 1.165) is 5.70 Å². The van der Waals surface area contributed by atoms with E-state index in [1.54, 1.807) is 0 Å². The summed E-state index contributed by atoms with van der Waals surface area (Å²) in [6, 6.07) is 8.43. The second-order valence-corrected chi connectivity index (χ2v) is 4.12. The van der Waals surface area contributed by atoms with Gasteiger partial charge in [0.25, 0.3) is 0 Å². The fourth-order valence-corrected chi connectivity index (χ4v) is 2.25. The van der Waals surface area contributed by atoms with Gasteiger partial charge in [0, 0.05) is 11.6 Å². The summed E-state index contributed by atoms with van der Waals surface area (Å²) in [5.74, 6) is 0.354. The number of rotatable bonds is 0. The van der Waals surface area contributed by atoms with E-state index in [1.807, 2.05) is 6.08 Å². The van der Waals surface area contributed by atoms with E-state index < -0.39 is 0 Å². The molecule has 0 saturated heterocycles. The molecule has 1 aromatic rings. The molecule has 1 atom stereocenters. The molecule has 0 fully saturated rings. The lowest BCUT2D eigenvalue weighted by molar-refractivity contribution is 1.07. The second-order valence-electron chi connectivity index (χ2n) is 4.12. The number of allylic oxidation sites excluding steroid dienone is 5. The number of nitrogens with two attached hydrogens (primary N) is 1. The Morgan fingerprint density at radius 2 is 1.94 bits per heavy atom. The van der Waals surface area contributed by atoms with Crippen molar-refractivity contribution in [2.45, 2.75) is 0 Å². The van der Waals surface area contributed by atoms with Crippen molar-refractivity contribution in [1.29, 1.82) is 0 Å². The lowest BCUT2D eigenvalue weighted by atomic mass is 9.91. The minimum absolute atomic E-state index is 0.354. The van der Waals surface area contributed by atoms with E-state index in [-0.39, 0.29) is 0 Å². The third-order valence-electron chi connectivity index (χ3n) is 3.04. The van der Waals surface area contributed by atoms with Gasteiger partial charge in [-0.25, -0.2) is 0 Å². The normalized spacial score (nSPS) is 21.6. The van der Waals surface area contributed by atoms with E-state index in [9.17, 15) is 0 Å². The summed E-state index contributed by atoms with van der Waals surface area (Å²) in [6.45, 7) is 0. The predicted octanol–water partition coefficient (Wildman–Crippen LogP) is 1.22. The second kappa shape index (κ2) is 3.53. The van der Waals surface area contributed by atoms with Gasteiger partial charge in [0.2, 0.25) is 0 Å². The van der Waals surface area contributed by atoms with Crippen molar-refractivity contribution in [1.82, 2.24) is 0 Å². The van der Waals surface area contributed by atoms with Gasteiger partial charge in [0.15, 0.2) is 0 Å². The molecule has 16 heavy (non-hydrogen) atoms. The van der Waals surface area contributed by atoms with Gasteiger partial charge in [-0.3, -0.25) is 0 Å². The third-order valence-corrected chi connectivity index (χ3v) is 3.04. The molecule has 2 aliphatic carbocycles. The molecule has 0 bridgehead atoms. The molecule has 0 aliphatic heterocycles. The number of hydrogen-bond donors (Lipinski definition) is 1. The van der Waals surface area contributed by atoms with Gasteiger partial charge >= 0.3 is 0 Å². The molecule has 0 spiro atoms. The maximum Gasteiger partial charge on any atom is 0.0314 e. The van der Waals surface area contributed by atoms with Crippen LogP contribution in [0, 0.1) is 5.92 Å². The first kappa shape index (κ1) is 9.22. The molecule has 0 radical (unpaired) electrons. The fraction of sp³-hybridized carbons (Fsp3) is 0.0667. The fourth-order valence-electron chi connectivity index (χ4n) is 2.25. The minimum Gasteiger partial charge on any atom is -0.399 e. The number of hydrogen-bond acceptors (Lipinski definition) is 1. The van der Waals surface area contributed by atoms with Gasteiger partial charge in [0.05, 0.1) is 0 Å². The van der Waals surface area contributed by atoms with Crippen LogP contribution in [0.4, 0.5) is 0 Å². The molecule has 0 saturated carbocycles. The Bertz CT molecular complexity index is 630. The molecule has 0 aromatic heterocycles. The zero-order chi connectivity index (χ0) is 11.0. The molecule has 0 heterocycles. The van der Waals surface area contributed by atoms with Gasteiger partial charge in [-0.1, -0.05) is 48.6 Å². The van der Waals surface area contributed by atoms with Gasteiger partial charge in [-0.2, -0.15) is 0 Å². The van der Waals surface area contributed by atoms with Crippen molar-refractivity contribution in [3.8, 4) is 0 Å². The summed E-state index contributed by atoms with van der Waals surface area (Å²) in [7, 11) is 0. The van der Waals surface area contributed by atoms with Gasteiger partial charge in [-0.05, 0) is 28.2 Å². The Hall–Kier alpha value is -2.02. The van der Waals surface area contributed by atoms with Crippen molar-refractivity contribution >= 4 is 11.6 Å².